The number of carbonyl (C=O) groups is 1. The highest BCUT2D eigenvalue weighted by Crippen LogP contribution is 2.31. The van der Waals surface area contributed by atoms with Gasteiger partial charge in [-0.2, -0.15) is 0 Å². The van der Waals surface area contributed by atoms with Gasteiger partial charge in [-0.25, -0.2) is 4.79 Å². The number of halogens is 1. The number of carboxylic acid groups (broad SMARTS) is 1. The molecule has 3 rings (SSSR count). The van der Waals surface area contributed by atoms with Gasteiger partial charge >= 0.3 is 5.97 Å². The lowest BCUT2D eigenvalue weighted by molar-refractivity contribution is -0.141. The fourth-order valence-electron chi connectivity index (χ4n) is 2.24. The summed E-state index contributed by atoms with van der Waals surface area (Å²) in [7, 11) is 0. The fraction of sp³-hybridized carbons (Fsp3) is 0.364. The van der Waals surface area contributed by atoms with Crippen LogP contribution < -0.4 is 0 Å². The summed E-state index contributed by atoms with van der Waals surface area (Å²) in [6.45, 7) is 0. The van der Waals surface area contributed by atoms with Crippen molar-refractivity contribution in [2.75, 3.05) is 0 Å². The number of furan rings is 1. The van der Waals surface area contributed by atoms with Crippen molar-refractivity contribution in [2.45, 2.75) is 25.3 Å². The summed E-state index contributed by atoms with van der Waals surface area (Å²) in [5.41, 5.74) is 0. The minimum absolute atomic E-state index is 0.241. The molecule has 6 nitrogen and oxygen atoms in total. The Morgan fingerprint density at radius 2 is 2.33 bits per heavy atom. The minimum Gasteiger partial charge on any atom is -0.480 e. The Bertz CT molecular complexity index is 604. The van der Waals surface area contributed by atoms with Crippen LogP contribution in [0.4, 0.5) is 0 Å². The predicted octanol–water partition coefficient (Wildman–Crippen LogP) is 2.15. The molecule has 3 heterocycles. The maximum absolute atomic E-state index is 11.3. The first-order chi connectivity index (χ1) is 8.66. The maximum Gasteiger partial charge on any atom is 0.326 e. The highest BCUT2D eigenvalue weighted by molar-refractivity contribution is 6.28. The molecule has 1 N–H and O–H groups in total. The van der Waals surface area contributed by atoms with E-state index in [9.17, 15) is 9.90 Å². The van der Waals surface area contributed by atoms with Gasteiger partial charge in [0.25, 0.3) is 0 Å². The number of carboxylic acids is 1. The zero-order chi connectivity index (χ0) is 12.7. The van der Waals surface area contributed by atoms with Crippen molar-refractivity contribution in [1.29, 1.82) is 0 Å². The van der Waals surface area contributed by atoms with Gasteiger partial charge in [0, 0.05) is 6.42 Å². The molecule has 7 heteroatoms. The van der Waals surface area contributed by atoms with E-state index in [0.717, 1.165) is 12.8 Å². The Morgan fingerprint density at radius 3 is 3.00 bits per heavy atom. The van der Waals surface area contributed by atoms with E-state index < -0.39 is 12.0 Å². The summed E-state index contributed by atoms with van der Waals surface area (Å²) in [6, 6.07) is 2.62. The molecule has 1 unspecified atom stereocenters. The van der Waals surface area contributed by atoms with Crippen molar-refractivity contribution >= 4 is 17.6 Å². The first-order valence-corrected chi connectivity index (χ1v) is 5.97. The number of fused-ring (bicyclic) bond motifs is 1. The van der Waals surface area contributed by atoms with E-state index in [1.807, 2.05) is 0 Å². The van der Waals surface area contributed by atoms with E-state index in [1.54, 1.807) is 16.7 Å². The Labute approximate surface area is 107 Å². The van der Waals surface area contributed by atoms with Crippen molar-refractivity contribution in [3.8, 4) is 11.6 Å². The lowest BCUT2D eigenvalue weighted by Gasteiger charge is -2.21. The van der Waals surface area contributed by atoms with Gasteiger partial charge in [0.15, 0.2) is 11.0 Å². The molecule has 0 bridgehead atoms. The number of aromatic nitrogens is 3. The van der Waals surface area contributed by atoms with Crippen LogP contribution in [0, 0.1) is 0 Å². The third-order valence-corrected chi connectivity index (χ3v) is 3.24. The smallest absolute Gasteiger partial charge is 0.326 e. The van der Waals surface area contributed by atoms with Gasteiger partial charge in [0.05, 0.1) is 0 Å². The van der Waals surface area contributed by atoms with Gasteiger partial charge in [-0.05, 0) is 36.6 Å². The highest BCUT2D eigenvalue weighted by atomic mass is 35.5. The molecule has 2 aromatic rings. The molecule has 18 heavy (non-hydrogen) atoms. The molecule has 0 radical (unpaired) electrons. The van der Waals surface area contributed by atoms with E-state index in [4.69, 9.17) is 16.0 Å². The number of rotatable bonds is 2. The van der Waals surface area contributed by atoms with Crippen LogP contribution in [0.15, 0.2) is 16.5 Å². The van der Waals surface area contributed by atoms with E-state index >= 15 is 0 Å². The van der Waals surface area contributed by atoms with Gasteiger partial charge in [-0.15, -0.1) is 10.2 Å². The summed E-state index contributed by atoms with van der Waals surface area (Å²) < 4.78 is 6.90. The number of hydrogen-bond donors (Lipinski definition) is 1. The standard InChI is InChI=1S/C11H10ClN3O3/c12-8-5-4-7(18-8)10-14-13-9-3-1-2-6(11(16)17)15(9)10/h4-6H,1-3H2,(H,16,17). The van der Waals surface area contributed by atoms with Crippen molar-refractivity contribution in [2.24, 2.45) is 0 Å². The quantitative estimate of drug-likeness (QED) is 0.902. The number of aliphatic carboxylic acids is 1. The normalized spacial score (nSPS) is 18.6. The monoisotopic (exact) mass is 267 g/mol. The second-order valence-corrected chi connectivity index (χ2v) is 4.53. The average Bonchev–Trinajstić information content (AvgIpc) is 2.94. The molecular formula is C11H10ClN3O3. The zero-order valence-electron chi connectivity index (χ0n) is 9.34. The lowest BCUT2D eigenvalue weighted by Crippen LogP contribution is -2.25. The van der Waals surface area contributed by atoms with E-state index in [-0.39, 0.29) is 5.22 Å². The molecule has 94 valence electrons. The summed E-state index contributed by atoms with van der Waals surface area (Å²) in [6.07, 6.45) is 2.10. The summed E-state index contributed by atoms with van der Waals surface area (Å²) in [5, 5.41) is 17.5. The van der Waals surface area contributed by atoms with Crippen LogP contribution in [0.5, 0.6) is 0 Å². The topological polar surface area (TPSA) is 81.2 Å². The molecule has 0 aromatic carbocycles. The number of aryl methyl sites for hydroxylation is 1. The van der Waals surface area contributed by atoms with Crippen molar-refractivity contribution in [3.05, 3.63) is 23.2 Å². The molecule has 0 fully saturated rings. The number of nitrogens with zero attached hydrogens (tertiary/aromatic N) is 3. The molecular weight excluding hydrogens is 258 g/mol. The summed E-state index contributed by atoms with van der Waals surface area (Å²) >= 11 is 5.72. The fourth-order valence-corrected chi connectivity index (χ4v) is 2.39. The largest absolute Gasteiger partial charge is 0.480 e. The molecule has 2 aromatic heterocycles. The van der Waals surface area contributed by atoms with Gasteiger partial charge in [0.1, 0.15) is 11.9 Å². The second kappa shape index (κ2) is 4.13. The Kier molecular flexibility index (Phi) is 2.59. The second-order valence-electron chi connectivity index (χ2n) is 4.16. The average molecular weight is 268 g/mol. The molecule has 1 atom stereocenters. The third kappa shape index (κ3) is 1.69. The van der Waals surface area contributed by atoms with Crippen molar-refractivity contribution < 1.29 is 14.3 Å². The maximum atomic E-state index is 11.3. The van der Waals surface area contributed by atoms with Crippen molar-refractivity contribution in [3.63, 3.8) is 0 Å². The van der Waals surface area contributed by atoms with Crippen LogP contribution in [-0.2, 0) is 11.2 Å². The SMILES string of the molecule is O=C(O)C1CCCc2nnc(-c3ccc(Cl)o3)n21. The van der Waals surface area contributed by atoms with Crippen LogP contribution in [0.25, 0.3) is 11.6 Å². The van der Waals surface area contributed by atoms with Crippen LogP contribution in [-0.4, -0.2) is 25.8 Å². The van der Waals surface area contributed by atoms with Gasteiger partial charge < -0.3 is 9.52 Å². The van der Waals surface area contributed by atoms with Crippen LogP contribution >= 0.6 is 11.6 Å². The molecule has 1 aliphatic heterocycles. The van der Waals surface area contributed by atoms with Gasteiger partial charge in [0.2, 0.25) is 5.82 Å². The Balaban J connectivity index is 2.12. The van der Waals surface area contributed by atoms with E-state index in [1.165, 1.54) is 0 Å². The summed E-state index contributed by atoms with van der Waals surface area (Å²) in [4.78, 5) is 11.3. The first-order valence-electron chi connectivity index (χ1n) is 5.59. The van der Waals surface area contributed by atoms with Crippen molar-refractivity contribution in [1.82, 2.24) is 14.8 Å². The van der Waals surface area contributed by atoms with Crippen LogP contribution in [0.1, 0.15) is 24.7 Å². The Hall–Kier alpha value is -1.82. The first kappa shape index (κ1) is 11.3. The van der Waals surface area contributed by atoms with E-state index in [2.05, 4.69) is 10.2 Å². The predicted molar refractivity (Wildman–Crippen MR) is 62.3 cm³/mol. The highest BCUT2D eigenvalue weighted by Gasteiger charge is 2.31. The molecule has 0 amide bonds. The molecule has 0 saturated heterocycles. The molecule has 0 aliphatic carbocycles. The van der Waals surface area contributed by atoms with Crippen LogP contribution in [0.2, 0.25) is 5.22 Å². The Morgan fingerprint density at radius 1 is 1.50 bits per heavy atom. The van der Waals surface area contributed by atoms with Crippen LogP contribution in [0.3, 0.4) is 0 Å². The van der Waals surface area contributed by atoms with Gasteiger partial charge in [-0.3, -0.25) is 4.57 Å². The van der Waals surface area contributed by atoms with Gasteiger partial charge in [-0.1, -0.05) is 0 Å². The molecule has 0 saturated carbocycles. The molecule has 0 spiro atoms. The summed E-state index contributed by atoms with van der Waals surface area (Å²) in [5.74, 6) is 0.654. The molecule has 1 aliphatic rings. The zero-order valence-corrected chi connectivity index (χ0v) is 10.1. The lowest BCUT2D eigenvalue weighted by atomic mass is 10.0. The van der Waals surface area contributed by atoms with E-state index in [0.29, 0.717) is 23.8 Å². The minimum atomic E-state index is -0.880. The number of hydrogen-bond acceptors (Lipinski definition) is 4. The third-order valence-electron chi connectivity index (χ3n) is 3.03.